The molecule has 3 rings (SSSR count). The quantitative estimate of drug-likeness (QED) is 0.864. The maximum absolute atomic E-state index is 11.7. The molecule has 1 aliphatic heterocycles. The van der Waals surface area contributed by atoms with Crippen LogP contribution in [-0.2, 0) is 11.3 Å². The number of nitrogens with zero attached hydrogens (tertiary/aromatic N) is 2. The summed E-state index contributed by atoms with van der Waals surface area (Å²) in [6.07, 6.45) is 7.55. The number of carbonyl (C=O) groups excluding carboxylic acids is 1. The Morgan fingerprint density at radius 3 is 2.41 bits per heavy atom. The van der Waals surface area contributed by atoms with E-state index in [1.54, 1.807) is 0 Å². The van der Waals surface area contributed by atoms with E-state index in [-0.39, 0.29) is 5.78 Å². The third-order valence-electron chi connectivity index (χ3n) is 4.52. The zero-order chi connectivity index (χ0) is 15.2. The van der Waals surface area contributed by atoms with Crippen LogP contribution in [0.2, 0.25) is 0 Å². The average Bonchev–Trinajstić information content (AvgIpc) is 2.56. The second kappa shape index (κ2) is 7.54. The van der Waals surface area contributed by atoms with Crippen molar-refractivity contribution in [2.24, 2.45) is 5.10 Å². The third kappa shape index (κ3) is 4.17. The number of carbonyl (C=O) groups is 1. The van der Waals surface area contributed by atoms with Gasteiger partial charge >= 0.3 is 0 Å². The summed E-state index contributed by atoms with van der Waals surface area (Å²) in [5, 5.41) is 4.29. The highest BCUT2D eigenvalue weighted by Gasteiger charge is 2.16. The van der Waals surface area contributed by atoms with Crippen LogP contribution in [0.25, 0.3) is 0 Å². The zero-order valence-corrected chi connectivity index (χ0v) is 13.2. The molecule has 1 aliphatic carbocycles. The molecule has 1 saturated carbocycles. The highest BCUT2D eigenvalue weighted by atomic mass is 16.1. The Balaban J connectivity index is 1.54. The molecule has 2 fully saturated rings. The molecule has 0 atom stereocenters. The molecule has 2 aliphatic rings. The van der Waals surface area contributed by atoms with Crippen molar-refractivity contribution in [2.45, 2.75) is 51.5 Å². The second-order valence-electron chi connectivity index (χ2n) is 6.33. The van der Waals surface area contributed by atoms with Crippen LogP contribution in [0, 0.1) is 0 Å². The Kier molecular flexibility index (Phi) is 5.22. The second-order valence-corrected chi connectivity index (χ2v) is 6.33. The maximum atomic E-state index is 11.7. The molecular weight excluding hydrogens is 274 g/mol. The van der Waals surface area contributed by atoms with Gasteiger partial charge in [0, 0.05) is 13.0 Å². The van der Waals surface area contributed by atoms with E-state index in [0.717, 1.165) is 31.5 Å². The van der Waals surface area contributed by atoms with Crippen molar-refractivity contribution in [1.29, 1.82) is 0 Å². The lowest BCUT2D eigenvalue weighted by Gasteiger charge is -2.26. The molecule has 1 heterocycles. The molecule has 0 spiro atoms. The van der Waals surface area contributed by atoms with E-state index in [0.29, 0.717) is 12.1 Å². The fourth-order valence-corrected chi connectivity index (χ4v) is 3.17. The van der Waals surface area contributed by atoms with E-state index >= 15 is 0 Å². The Morgan fingerprint density at radius 1 is 0.955 bits per heavy atom. The highest BCUT2D eigenvalue weighted by molar-refractivity contribution is 6.40. The van der Waals surface area contributed by atoms with Gasteiger partial charge in [-0.3, -0.25) is 15.1 Å². The van der Waals surface area contributed by atoms with Crippen LogP contribution < -0.4 is 5.43 Å². The Hall–Kier alpha value is -1.68. The summed E-state index contributed by atoms with van der Waals surface area (Å²) >= 11 is 0. The molecule has 118 valence electrons. The molecule has 0 amide bonds. The molecule has 0 aromatic heterocycles. The number of hydrogen-bond donors (Lipinski definition) is 1. The van der Waals surface area contributed by atoms with E-state index in [4.69, 9.17) is 0 Å². The van der Waals surface area contributed by atoms with Gasteiger partial charge in [0.05, 0.1) is 5.69 Å². The van der Waals surface area contributed by atoms with Gasteiger partial charge in [0.2, 0.25) is 0 Å². The predicted octanol–water partition coefficient (Wildman–Crippen LogP) is 3.58. The summed E-state index contributed by atoms with van der Waals surface area (Å²) in [6.45, 7) is 3.47. The standard InChI is InChI=1S/C18H25N3O/c22-18-7-3-2-6-17(18)20-19-16-10-8-15(9-11-16)14-21-12-4-1-5-13-21/h8-11,19H,1-7,12-14H2/b20-17-. The molecule has 1 aromatic carbocycles. The monoisotopic (exact) mass is 299 g/mol. The van der Waals surface area contributed by atoms with Crippen molar-refractivity contribution in [3.05, 3.63) is 29.8 Å². The smallest absolute Gasteiger partial charge is 0.178 e. The van der Waals surface area contributed by atoms with Gasteiger partial charge in [0.25, 0.3) is 0 Å². The van der Waals surface area contributed by atoms with E-state index < -0.39 is 0 Å². The van der Waals surface area contributed by atoms with Crippen molar-refractivity contribution < 1.29 is 4.79 Å². The minimum atomic E-state index is 0.195. The number of nitrogens with one attached hydrogen (secondary N) is 1. The van der Waals surface area contributed by atoms with Gasteiger partial charge in [-0.15, -0.1) is 0 Å². The fourth-order valence-electron chi connectivity index (χ4n) is 3.17. The lowest BCUT2D eigenvalue weighted by molar-refractivity contribution is -0.113. The molecule has 0 unspecified atom stereocenters. The maximum Gasteiger partial charge on any atom is 0.178 e. The topological polar surface area (TPSA) is 44.7 Å². The van der Waals surface area contributed by atoms with Gasteiger partial charge < -0.3 is 0 Å². The summed E-state index contributed by atoms with van der Waals surface area (Å²) in [5.74, 6) is 0.195. The number of hydrogen-bond acceptors (Lipinski definition) is 4. The van der Waals surface area contributed by atoms with Crippen molar-refractivity contribution in [3.8, 4) is 0 Å². The first kappa shape index (κ1) is 15.2. The van der Waals surface area contributed by atoms with Gasteiger partial charge in [-0.2, -0.15) is 5.10 Å². The largest absolute Gasteiger partial charge is 0.299 e. The van der Waals surface area contributed by atoms with E-state index in [1.165, 1.54) is 37.9 Å². The minimum absolute atomic E-state index is 0.195. The number of hydrazone groups is 1. The molecule has 1 saturated heterocycles. The van der Waals surface area contributed by atoms with E-state index in [9.17, 15) is 4.79 Å². The van der Waals surface area contributed by atoms with Gasteiger partial charge in [0.15, 0.2) is 5.78 Å². The lowest BCUT2D eigenvalue weighted by atomic mass is 9.97. The summed E-state index contributed by atoms with van der Waals surface area (Å²) < 4.78 is 0. The summed E-state index contributed by atoms with van der Waals surface area (Å²) in [6, 6.07) is 8.41. The normalized spacial score (nSPS) is 22.0. The number of rotatable bonds is 4. The first-order valence-electron chi connectivity index (χ1n) is 8.48. The first-order valence-corrected chi connectivity index (χ1v) is 8.48. The minimum Gasteiger partial charge on any atom is -0.299 e. The highest BCUT2D eigenvalue weighted by Crippen LogP contribution is 2.16. The first-order chi connectivity index (χ1) is 10.8. The van der Waals surface area contributed by atoms with Gasteiger partial charge in [-0.05, 0) is 62.9 Å². The number of Topliss-reactive ketones (excluding diaryl/α,β-unsaturated/α-hetero) is 1. The van der Waals surface area contributed by atoms with Crippen molar-refractivity contribution in [3.63, 3.8) is 0 Å². The average molecular weight is 299 g/mol. The third-order valence-corrected chi connectivity index (χ3v) is 4.52. The molecule has 1 N–H and O–H groups in total. The van der Waals surface area contributed by atoms with E-state index in [1.807, 2.05) is 0 Å². The van der Waals surface area contributed by atoms with Crippen LogP contribution in [0.15, 0.2) is 29.4 Å². The number of likely N-dealkylation sites (tertiary alicyclic amines) is 1. The Morgan fingerprint density at radius 2 is 1.68 bits per heavy atom. The summed E-state index contributed by atoms with van der Waals surface area (Å²) in [5.41, 5.74) is 6.02. The van der Waals surface area contributed by atoms with Crippen LogP contribution in [0.3, 0.4) is 0 Å². The molecule has 1 aromatic rings. The summed E-state index contributed by atoms with van der Waals surface area (Å²) in [7, 11) is 0. The lowest BCUT2D eigenvalue weighted by Crippen LogP contribution is -2.29. The number of ketones is 1. The van der Waals surface area contributed by atoms with Gasteiger partial charge in [-0.1, -0.05) is 18.6 Å². The predicted molar refractivity (Wildman–Crippen MR) is 90.1 cm³/mol. The van der Waals surface area contributed by atoms with Crippen molar-refractivity contribution in [1.82, 2.24) is 4.90 Å². The number of benzene rings is 1. The summed E-state index contributed by atoms with van der Waals surface area (Å²) in [4.78, 5) is 14.2. The van der Waals surface area contributed by atoms with Crippen LogP contribution in [-0.4, -0.2) is 29.5 Å². The number of piperidine rings is 1. The van der Waals surface area contributed by atoms with E-state index in [2.05, 4.69) is 39.7 Å². The van der Waals surface area contributed by atoms with Crippen molar-refractivity contribution in [2.75, 3.05) is 18.5 Å². The molecular formula is C18H25N3O. The number of anilines is 1. The van der Waals surface area contributed by atoms with Crippen molar-refractivity contribution >= 4 is 17.2 Å². The Labute approximate surface area is 132 Å². The molecule has 4 nitrogen and oxygen atoms in total. The van der Waals surface area contributed by atoms with Crippen LogP contribution in [0.5, 0.6) is 0 Å². The molecule has 22 heavy (non-hydrogen) atoms. The van der Waals surface area contributed by atoms with Crippen LogP contribution >= 0.6 is 0 Å². The SMILES string of the molecule is O=C1CCCC/C1=N/Nc1ccc(CN2CCCCC2)cc1. The molecule has 4 heteroatoms. The Bertz CT molecular complexity index is 530. The molecule has 0 bridgehead atoms. The van der Waals surface area contributed by atoms with Crippen LogP contribution in [0.4, 0.5) is 5.69 Å². The molecule has 0 radical (unpaired) electrons. The fraction of sp³-hybridized carbons (Fsp3) is 0.556. The van der Waals surface area contributed by atoms with Gasteiger partial charge in [-0.25, -0.2) is 0 Å². The van der Waals surface area contributed by atoms with Crippen LogP contribution in [0.1, 0.15) is 50.5 Å². The van der Waals surface area contributed by atoms with Gasteiger partial charge in [0.1, 0.15) is 5.71 Å². The zero-order valence-electron chi connectivity index (χ0n) is 13.2.